The van der Waals surface area contributed by atoms with Crippen molar-refractivity contribution in [3.8, 4) is 0 Å². The second-order valence-electron chi connectivity index (χ2n) is 5.16. The molecule has 6 heteroatoms. The van der Waals surface area contributed by atoms with E-state index in [1.807, 2.05) is 24.3 Å². The first kappa shape index (κ1) is 15.0. The van der Waals surface area contributed by atoms with Gasteiger partial charge in [-0.1, -0.05) is 18.2 Å². The third kappa shape index (κ3) is 3.66. The summed E-state index contributed by atoms with van der Waals surface area (Å²) < 4.78 is 6.62. The van der Waals surface area contributed by atoms with Gasteiger partial charge in [0.05, 0.1) is 5.52 Å². The van der Waals surface area contributed by atoms with Crippen LogP contribution in [0, 0.1) is 0 Å². The molecule has 2 aromatic heterocycles. The Balaban J connectivity index is 1.52. The van der Waals surface area contributed by atoms with Gasteiger partial charge in [-0.25, -0.2) is 4.79 Å². The summed E-state index contributed by atoms with van der Waals surface area (Å²) >= 11 is 0. The fourth-order valence-corrected chi connectivity index (χ4v) is 2.40. The number of aryl methyl sites for hydroxylation is 1. The van der Waals surface area contributed by atoms with Gasteiger partial charge < -0.3 is 9.73 Å². The molecule has 6 nitrogen and oxygen atoms in total. The van der Waals surface area contributed by atoms with Gasteiger partial charge in [-0.3, -0.25) is 14.3 Å². The number of rotatable bonds is 6. The van der Waals surface area contributed by atoms with Gasteiger partial charge in [0, 0.05) is 37.8 Å². The van der Waals surface area contributed by atoms with Gasteiger partial charge >= 0.3 is 5.76 Å². The fourth-order valence-electron chi connectivity index (χ4n) is 2.40. The van der Waals surface area contributed by atoms with Crippen LogP contribution in [0.3, 0.4) is 0 Å². The topological polar surface area (TPSA) is 77.1 Å². The van der Waals surface area contributed by atoms with Gasteiger partial charge in [-0.05, 0) is 24.3 Å². The van der Waals surface area contributed by atoms with Crippen LogP contribution >= 0.6 is 0 Å². The number of carbonyl (C=O) groups excluding carboxylic acids is 1. The van der Waals surface area contributed by atoms with Gasteiger partial charge in [-0.2, -0.15) is 0 Å². The first-order valence-corrected chi connectivity index (χ1v) is 7.49. The first-order chi connectivity index (χ1) is 11.2. The van der Waals surface area contributed by atoms with Crippen molar-refractivity contribution >= 4 is 17.0 Å². The number of amides is 1. The molecular formula is C17H17N3O3. The predicted molar refractivity (Wildman–Crippen MR) is 86.0 cm³/mol. The molecule has 0 saturated carbocycles. The lowest BCUT2D eigenvalue weighted by Crippen LogP contribution is -2.28. The molecule has 3 aromatic rings. The zero-order valence-electron chi connectivity index (χ0n) is 12.6. The molecule has 0 fully saturated rings. The standard InChI is InChI=1S/C17H17N3O3/c21-16(19-11-8-13-5-3-4-10-18-13)9-12-20-14-6-1-2-7-15(14)23-17(20)22/h1-7,10H,8-9,11-12H2,(H,19,21). The van der Waals surface area contributed by atoms with Crippen molar-refractivity contribution in [3.63, 3.8) is 0 Å². The minimum atomic E-state index is -0.438. The molecule has 23 heavy (non-hydrogen) atoms. The highest BCUT2D eigenvalue weighted by Gasteiger charge is 2.10. The van der Waals surface area contributed by atoms with Crippen molar-refractivity contribution in [1.29, 1.82) is 0 Å². The van der Waals surface area contributed by atoms with Gasteiger partial charge in [-0.15, -0.1) is 0 Å². The predicted octanol–water partition coefficient (Wildman–Crippen LogP) is 1.74. The Labute approximate surface area is 132 Å². The number of para-hydroxylation sites is 2. The molecular weight excluding hydrogens is 294 g/mol. The van der Waals surface area contributed by atoms with E-state index < -0.39 is 5.76 Å². The molecule has 0 unspecified atom stereocenters. The number of hydrogen-bond donors (Lipinski definition) is 1. The van der Waals surface area contributed by atoms with Gasteiger partial charge in [0.15, 0.2) is 5.58 Å². The average Bonchev–Trinajstić information content (AvgIpc) is 2.89. The second kappa shape index (κ2) is 6.91. The number of benzene rings is 1. The molecule has 1 N–H and O–H groups in total. The molecule has 0 aliphatic heterocycles. The molecule has 2 heterocycles. The van der Waals surface area contributed by atoms with E-state index in [1.54, 1.807) is 24.4 Å². The minimum Gasteiger partial charge on any atom is -0.408 e. The minimum absolute atomic E-state index is 0.0990. The number of nitrogens with one attached hydrogen (secondary N) is 1. The van der Waals surface area contributed by atoms with Crippen LogP contribution in [-0.4, -0.2) is 22.0 Å². The molecule has 0 radical (unpaired) electrons. The highest BCUT2D eigenvalue weighted by molar-refractivity contribution is 5.76. The zero-order valence-corrected chi connectivity index (χ0v) is 12.6. The normalized spacial score (nSPS) is 10.8. The number of hydrogen-bond acceptors (Lipinski definition) is 4. The van der Waals surface area contributed by atoms with Gasteiger partial charge in [0.25, 0.3) is 0 Å². The summed E-state index contributed by atoms with van der Waals surface area (Å²) in [4.78, 5) is 27.9. The van der Waals surface area contributed by atoms with Crippen LogP contribution in [-0.2, 0) is 17.8 Å². The zero-order chi connectivity index (χ0) is 16.1. The molecule has 1 aromatic carbocycles. The maximum absolute atomic E-state index is 11.9. The Bertz CT molecular complexity index is 852. The van der Waals surface area contributed by atoms with Crippen LogP contribution in [0.15, 0.2) is 57.9 Å². The van der Waals surface area contributed by atoms with E-state index in [0.29, 0.717) is 30.6 Å². The lowest BCUT2D eigenvalue weighted by Gasteiger charge is -2.05. The van der Waals surface area contributed by atoms with E-state index >= 15 is 0 Å². The quantitative estimate of drug-likeness (QED) is 0.752. The number of carbonyl (C=O) groups is 1. The SMILES string of the molecule is O=C(CCn1c(=O)oc2ccccc21)NCCc1ccccn1. The average molecular weight is 311 g/mol. The molecule has 1 amide bonds. The summed E-state index contributed by atoms with van der Waals surface area (Å²) in [6.07, 6.45) is 2.64. The molecule has 0 aliphatic carbocycles. The Morgan fingerprint density at radius 3 is 2.83 bits per heavy atom. The Hall–Kier alpha value is -2.89. The fraction of sp³-hybridized carbons (Fsp3) is 0.235. The summed E-state index contributed by atoms with van der Waals surface area (Å²) in [6, 6.07) is 12.9. The number of pyridine rings is 1. The van der Waals surface area contributed by atoms with E-state index in [1.165, 1.54) is 4.57 Å². The maximum atomic E-state index is 11.9. The molecule has 3 rings (SSSR count). The summed E-state index contributed by atoms with van der Waals surface area (Å²) in [5.74, 6) is -0.536. The van der Waals surface area contributed by atoms with Crippen LogP contribution in [0.4, 0.5) is 0 Å². The molecule has 0 saturated heterocycles. The van der Waals surface area contributed by atoms with Crippen molar-refractivity contribution in [2.75, 3.05) is 6.54 Å². The first-order valence-electron chi connectivity index (χ1n) is 7.49. The van der Waals surface area contributed by atoms with E-state index in [4.69, 9.17) is 4.42 Å². The van der Waals surface area contributed by atoms with Crippen molar-refractivity contribution in [1.82, 2.24) is 14.9 Å². The van der Waals surface area contributed by atoms with Crippen LogP contribution in [0.5, 0.6) is 0 Å². The van der Waals surface area contributed by atoms with E-state index in [2.05, 4.69) is 10.3 Å². The smallest absolute Gasteiger partial charge is 0.408 e. The van der Waals surface area contributed by atoms with Gasteiger partial charge in [0.1, 0.15) is 0 Å². The van der Waals surface area contributed by atoms with Crippen LogP contribution < -0.4 is 11.1 Å². The molecule has 0 aliphatic rings. The summed E-state index contributed by atoms with van der Waals surface area (Å²) in [7, 11) is 0. The Kier molecular flexibility index (Phi) is 4.52. The summed E-state index contributed by atoms with van der Waals surface area (Å²) in [5, 5.41) is 2.84. The Morgan fingerprint density at radius 1 is 1.17 bits per heavy atom. The molecule has 0 atom stereocenters. The molecule has 0 bridgehead atoms. The number of aromatic nitrogens is 2. The van der Waals surface area contributed by atoms with E-state index in [-0.39, 0.29) is 12.3 Å². The van der Waals surface area contributed by atoms with Crippen molar-refractivity contribution in [3.05, 3.63) is 64.9 Å². The van der Waals surface area contributed by atoms with E-state index in [9.17, 15) is 9.59 Å². The number of oxazole rings is 1. The molecule has 0 spiro atoms. The largest absolute Gasteiger partial charge is 0.419 e. The van der Waals surface area contributed by atoms with E-state index in [0.717, 1.165) is 5.69 Å². The monoisotopic (exact) mass is 311 g/mol. The number of fused-ring (bicyclic) bond motifs is 1. The highest BCUT2D eigenvalue weighted by atomic mass is 16.4. The van der Waals surface area contributed by atoms with Crippen molar-refractivity contribution < 1.29 is 9.21 Å². The third-order valence-corrected chi connectivity index (χ3v) is 3.57. The van der Waals surface area contributed by atoms with Crippen LogP contribution in [0.2, 0.25) is 0 Å². The molecule has 118 valence electrons. The summed E-state index contributed by atoms with van der Waals surface area (Å²) in [5.41, 5.74) is 2.18. The second-order valence-corrected chi connectivity index (χ2v) is 5.16. The maximum Gasteiger partial charge on any atom is 0.419 e. The Morgan fingerprint density at radius 2 is 2.00 bits per heavy atom. The number of nitrogens with zero attached hydrogens (tertiary/aromatic N) is 2. The highest BCUT2D eigenvalue weighted by Crippen LogP contribution is 2.11. The van der Waals surface area contributed by atoms with Crippen LogP contribution in [0.1, 0.15) is 12.1 Å². The third-order valence-electron chi connectivity index (χ3n) is 3.57. The lowest BCUT2D eigenvalue weighted by atomic mass is 10.2. The van der Waals surface area contributed by atoms with Gasteiger partial charge in [0.2, 0.25) is 5.91 Å². The lowest BCUT2D eigenvalue weighted by molar-refractivity contribution is -0.121. The van der Waals surface area contributed by atoms with Crippen LogP contribution in [0.25, 0.3) is 11.1 Å². The van der Waals surface area contributed by atoms with Crippen molar-refractivity contribution in [2.45, 2.75) is 19.4 Å². The van der Waals surface area contributed by atoms with Crippen molar-refractivity contribution in [2.24, 2.45) is 0 Å². The summed E-state index contributed by atoms with van der Waals surface area (Å²) in [6.45, 7) is 0.822.